The fourth-order valence-electron chi connectivity index (χ4n) is 2.50. The van der Waals surface area contributed by atoms with Crippen molar-refractivity contribution in [1.82, 2.24) is 14.8 Å². The Morgan fingerprint density at radius 2 is 2.07 bits per heavy atom. The Labute approximate surface area is 175 Å². The monoisotopic (exact) mass is 453 g/mol. The van der Waals surface area contributed by atoms with Crippen LogP contribution >= 0.6 is 27.7 Å². The summed E-state index contributed by atoms with van der Waals surface area (Å²) in [7, 11) is 0. The number of carbonyl (C=O) groups excluding carboxylic acids is 1. The van der Waals surface area contributed by atoms with Crippen LogP contribution in [0.2, 0.25) is 0 Å². The first kappa shape index (κ1) is 19.9. The van der Waals surface area contributed by atoms with Crippen molar-refractivity contribution in [2.45, 2.75) is 11.7 Å². The molecule has 1 N–H and O–H groups in total. The van der Waals surface area contributed by atoms with Crippen LogP contribution in [0.25, 0.3) is 11.4 Å². The number of carbonyl (C=O) groups is 1. The van der Waals surface area contributed by atoms with Gasteiger partial charge in [0.15, 0.2) is 11.0 Å². The molecule has 0 spiro atoms. The summed E-state index contributed by atoms with van der Waals surface area (Å²) in [6.45, 7) is 4.33. The van der Waals surface area contributed by atoms with Gasteiger partial charge >= 0.3 is 0 Å². The Kier molecular flexibility index (Phi) is 6.63. The first-order valence-electron chi connectivity index (χ1n) is 8.33. The van der Waals surface area contributed by atoms with E-state index in [-0.39, 0.29) is 11.7 Å². The van der Waals surface area contributed by atoms with Gasteiger partial charge in [-0.05, 0) is 30.3 Å². The maximum absolute atomic E-state index is 12.3. The topological polar surface area (TPSA) is 83.6 Å². The lowest BCUT2D eigenvalue weighted by Crippen LogP contribution is -2.14. The smallest absolute Gasteiger partial charge is 0.234 e. The van der Waals surface area contributed by atoms with E-state index in [2.05, 4.69) is 44.1 Å². The maximum Gasteiger partial charge on any atom is 0.234 e. The van der Waals surface area contributed by atoms with Crippen LogP contribution in [0.4, 0.5) is 5.69 Å². The summed E-state index contributed by atoms with van der Waals surface area (Å²) in [4.78, 5) is 12.3. The molecule has 140 valence electrons. The van der Waals surface area contributed by atoms with Gasteiger partial charge in [-0.3, -0.25) is 9.36 Å². The number of allylic oxidation sites excluding steroid dienone is 1. The molecule has 3 aromatic rings. The second-order valence-electron chi connectivity index (χ2n) is 5.74. The largest absolute Gasteiger partial charge is 0.325 e. The lowest BCUT2D eigenvalue weighted by atomic mass is 10.2. The molecule has 0 aliphatic heterocycles. The Morgan fingerprint density at radius 3 is 2.79 bits per heavy atom. The minimum absolute atomic E-state index is 0.173. The van der Waals surface area contributed by atoms with Crippen LogP contribution in [-0.4, -0.2) is 26.4 Å². The predicted molar refractivity (Wildman–Crippen MR) is 114 cm³/mol. The molecule has 1 heterocycles. The first-order valence-corrected chi connectivity index (χ1v) is 10.1. The lowest BCUT2D eigenvalue weighted by Gasteiger charge is -2.08. The van der Waals surface area contributed by atoms with Crippen molar-refractivity contribution in [3.8, 4) is 17.5 Å². The Morgan fingerprint density at radius 1 is 1.29 bits per heavy atom. The number of anilines is 1. The van der Waals surface area contributed by atoms with E-state index in [9.17, 15) is 4.79 Å². The quantitative estimate of drug-likeness (QED) is 0.420. The Bertz CT molecular complexity index is 1040. The molecule has 0 aliphatic rings. The normalized spacial score (nSPS) is 10.3. The molecule has 6 nitrogen and oxygen atoms in total. The number of halogens is 1. The van der Waals surface area contributed by atoms with Gasteiger partial charge in [0, 0.05) is 22.3 Å². The molecule has 3 rings (SSSR count). The van der Waals surface area contributed by atoms with Crippen molar-refractivity contribution >= 4 is 39.3 Å². The SMILES string of the molecule is C=CCn1c(SCC(=O)Nc2cccc(C#N)c2)nnc1-c1ccc(Br)cc1. The minimum atomic E-state index is -0.182. The van der Waals surface area contributed by atoms with Gasteiger partial charge < -0.3 is 5.32 Å². The summed E-state index contributed by atoms with van der Waals surface area (Å²) < 4.78 is 2.91. The van der Waals surface area contributed by atoms with Crippen molar-refractivity contribution in [1.29, 1.82) is 5.26 Å². The second-order valence-corrected chi connectivity index (χ2v) is 7.60. The molecule has 0 unspecified atom stereocenters. The molecule has 0 saturated heterocycles. The number of thioether (sulfide) groups is 1. The van der Waals surface area contributed by atoms with Crippen LogP contribution in [0, 0.1) is 11.3 Å². The van der Waals surface area contributed by atoms with Crippen LogP contribution in [0.3, 0.4) is 0 Å². The molecule has 2 aromatic carbocycles. The van der Waals surface area contributed by atoms with Crippen LogP contribution in [0.15, 0.2) is 70.8 Å². The van der Waals surface area contributed by atoms with Gasteiger partial charge in [-0.15, -0.1) is 16.8 Å². The fourth-order valence-corrected chi connectivity index (χ4v) is 3.51. The summed E-state index contributed by atoms with van der Waals surface area (Å²) >= 11 is 4.72. The van der Waals surface area contributed by atoms with E-state index < -0.39 is 0 Å². The Hall–Kier alpha value is -2.89. The van der Waals surface area contributed by atoms with E-state index in [1.54, 1.807) is 30.3 Å². The van der Waals surface area contributed by atoms with Gasteiger partial charge in [0.25, 0.3) is 0 Å². The van der Waals surface area contributed by atoms with Crippen LogP contribution in [0.5, 0.6) is 0 Å². The molecule has 0 saturated carbocycles. The van der Waals surface area contributed by atoms with Crippen molar-refractivity contribution in [3.63, 3.8) is 0 Å². The number of amides is 1. The summed E-state index contributed by atoms with van der Waals surface area (Å²) in [6, 6.07) is 16.6. The minimum Gasteiger partial charge on any atom is -0.325 e. The molecule has 0 aliphatic carbocycles. The summed E-state index contributed by atoms with van der Waals surface area (Å²) in [5.41, 5.74) is 2.02. The second kappa shape index (κ2) is 9.35. The molecule has 0 atom stereocenters. The molecular weight excluding hydrogens is 438 g/mol. The van der Waals surface area contributed by atoms with Crippen LogP contribution < -0.4 is 5.32 Å². The molecule has 1 amide bonds. The fraction of sp³-hybridized carbons (Fsp3) is 0.100. The van der Waals surface area contributed by atoms with Crippen molar-refractivity contribution in [2.75, 3.05) is 11.1 Å². The van der Waals surface area contributed by atoms with E-state index in [1.165, 1.54) is 11.8 Å². The number of benzene rings is 2. The third kappa shape index (κ3) is 4.88. The van der Waals surface area contributed by atoms with E-state index >= 15 is 0 Å². The molecule has 0 radical (unpaired) electrons. The number of hydrogen-bond donors (Lipinski definition) is 1. The zero-order valence-corrected chi connectivity index (χ0v) is 17.2. The number of aromatic nitrogens is 3. The predicted octanol–water partition coefficient (Wildman–Crippen LogP) is 4.50. The van der Waals surface area contributed by atoms with Crippen molar-refractivity contribution < 1.29 is 4.79 Å². The zero-order valence-electron chi connectivity index (χ0n) is 14.8. The van der Waals surface area contributed by atoms with E-state index in [1.807, 2.05) is 28.8 Å². The average molecular weight is 454 g/mol. The molecule has 0 fully saturated rings. The number of hydrogen-bond acceptors (Lipinski definition) is 5. The lowest BCUT2D eigenvalue weighted by molar-refractivity contribution is -0.113. The van der Waals surface area contributed by atoms with Crippen molar-refractivity contribution in [2.24, 2.45) is 0 Å². The van der Waals surface area contributed by atoms with Gasteiger partial charge in [0.1, 0.15) is 0 Å². The van der Waals surface area contributed by atoms with Gasteiger partial charge in [0.05, 0.1) is 17.4 Å². The van der Waals surface area contributed by atoms with Gasteiger partial charge in [-0.2, -0.15) is 5.26 Å². The molecule has 0 bridgehead atoms. The highest BCUT2D eigenvalue weighted by Crippen LogP contribution is 2.25. The number of nitrogens with one attached hydrogen (secondary N) is 1. The molecular formula is C20H16BrN5OS. The van der Waals surface area contributed by atoms with Gasteiger partial charge in [-0.25, -0.2) is 0 Å². The highest BCUT2D eigenvalue weighted by atomic mass is 79.9. The van der Waals surface area contributed by atoms with E-state index in [0.29, 0.717) is 23.0 Å². The summed E-state index contributed by atoms with van der Waals surface area (Å²) in [6.07, 6.45) is 1.77. The standard InChI is InChI=1S/C20H16BrN5OS/c1-2-10-26-19(15-6-8-16(21)9-7-15)24-25-20(26)28-13-18(27)23-17-5-3-4-14(11-17)12-22/h2-9,11H,1,10,13H2,(H,23,27). The molecule has 8 heteroatoms. The van der Waals surface area contributed by atoms with Crippen LogP contribution in [0.1, 0.15) is 5.56 Å². The number of rotatable bonds is 7. The van der Waals surface area contributed by atoms with Crippen molar-refractivity contribution in [3.05, 3.63) is 71.2 Å². The molecule has 1 aromatic heterocycles. The molecule has 28 heavy (non-hydrogen) atoms. The zero-order chi connectivity index (χ0) is 19.9. The first-order chi connectivity index (χ1) is 13.6. The van der Waals surface area contributed by atoms with Gasteiger partial charge in [-0.1, -0.05) is 52.0 Å². The number of nitriles is 1. The number of nitrogens with zero attached hydrogens (tertiary/aromatic N) is 4. The highest BCUT2D eigenvalue weighted by molar-refractivity contribution is 9.10. The highest BCUT2D eigenvalue weighted by Gasteiger charge is 2.15. The summed E-state index contributed by atoms with van der Waals surface area (Å²) in [5, 5.41) is 20.9. The third-order valence-electron chi connectivity index (χ3n) is 3.74. The maximum atomic E-state index is 12.3. The summed E-state index contributed by atoms with van der Waals surface area (Å²) in [5.74, 6) is 0.710. The average Bonchev–Trinajstić information content (AvgIpc) is 3.10. The Balaban J connectivity index is 1.71. The third-order valence-corrected chi connectivity index (χ3v) is 5.23. The van der Waals surface area contributed by atoms with Crippen LogP contribution in [-0.2, 0) is 11.3 Å². The van der Waals surface area contributed by atoms with Gasteiger partial charge in [0.2, 0.25) is 5.91 Å². The van der Waals surface area contributed by atoms with E-state index in [4.69, 9.17) is 5.26 Å². The van der Waals surface area contributed by atoms with E-state index in [0.717, 1.165) is 15.9 Å².